The fraction of sp³-hybridized carbons (Fsp3) is 0.667. The molecule has 2 heteroatoms. The highest BCUT2D eigenvalue weighted by Crippen LogP contribution is 2.05. The van der Waals surface area contributed by atoms with Crippen molar-refractivity contribution in [3.8, 4) is 0 Å². The number of ketones is 1. The topological polar surface area (TPSA) is 34.1 Å². The summed E-state index contributed by atoms with van der Waals surface area (Å²) in [6.07, 6.45) is 11.7. The van der Waals surface area contributed by atoms with Crippen LogP contribution in [0.2, 0.25) is 0 Å². The molecular weight excluding hydrogens is 248 g/mol. The molecule has 0 aromatic carbocycles. The van der Waals surface area contributed by atoms with Gasteiger partial charge in [-0.05, 0) is 46.1 Å². The number of carbonyl (C=O) groups is 2. The SMILES string of the molecule is CC(C)=CCCC(C)=CC=O.CCCCCC(=O)CC. The average molecular weight is 280 g/mol. The van der Waals surface area contributed by atoms with Crippen LogP contribution in [0.25, 0.3) is 0 Å². The second kappa shape index (κ2) is 15.9. The molecule has 0 bridgehead atoms. The van der Waals surface area contributed by atoms with Crippen LogP contribution < -0.4 is 0 Å². The Morgan fingerprint density at radius 2 is 1.65 bits per heavy atom. The molecule has 0 unspecified atom stereocenters. The summed E-state index contributed by atoms with van der Waals surface area (Å²) >= 11 is 0. The van der Waals surface area contributed by atoms with Gasteiger partial charge in [0, 0.05) is 12.8 Å². The predicted molar refractivity (Wildman–Crippen MR) is 87.9 cm³/mol. The fourth-order valence-corrected chi connectivity index (χ4v) is 1.54. The zero-order valence-corrected chi connectivity index (χ0v) is 14.0. The van der Waals surface area contributed by atoms with Crippen LogP contribution in [0.5, 0.6) is 0 Å². The van der Waals surface area contributed by atoms with Crippen molar-refractivity contribution in [3.05, 3.63) is 23.3 Å². The largest absolute Gasteiger partial charge is 0.300 e. The average Bonchev–Trinajstić information content (AvgIpc) is 2.39. The van der Waals surface area contributed by atoms with Gasteiger partial charge in [-0.25, -0.2) is 0 Å². The maximum absolute atomic E-state index is 10.7. The third kappa shape index (κ3) is 19.2. The van der Waals surface area contributed by atoms with E-state index in [9.17, 15) is 9.59 Å². The van der Waals surface area contributed by atoms with Gasteiger partial charge in [0.15, 0.2) is 0 Å². The van der Waals surface area contributed by atoms with Crippen molar-refractivity contribution in [2.45, 2.75) is 79.6 Å². The van der Waals surface area contributed by atoms with Crippen molar-refractivity contribution in [2.75, 3.05) is 0 Å². The first-order valence-electron chi connectivity index (χ1n) is 7.73. The van der Waals surface area contributed by atoms with Crippen LogP contribution in [-0.2, 0) is 9.59 Å². The van der Waals surface area contributed by atoms with E-state index in [1.165, 1.54) is 18.4 Å². The second-order valence-electron chi connectivity index (χ2n) is 5.32. The molecule has 0 aromatic heterocycles. The molecule has 116 valence electrons. The van der Waals surface area contributed by atoms with Gasteiger partial charge in [-0.3, -0.25) is 9.59 Å². The number of aldehydes is 1. The first kappa shape index (κ1) is 21.1. The van der Waals surface area contributed by atoms with Gasteiger partial charge in [-0.1, -0.05) is 43.9 Å². The quantitative estimate of drug-likeness (QED) is 0.244. The van der Waals surface area contributed by atoms with Crippen LogP contribution >= 0.6 is 0 Å². The van der Waals surface area contributed by atoms with Gasteiger partial charge in [0.2, 0.25) is 0 Å². The molecule has 0 spiro atoms. The molecule has 0 atom stereocenters. The first-order valence-corrected chi connectivity index (χ1v) is 7.73. The number of carbonyl (C=O) groups excluding carboxylic acids is 2. The van der Waals surface area contributed by atoms with Crippen LogP contribution in [0.3, 0.4) is 0 Å². The molecule has 0 aliphatic carbocycles. The molecule has 0 aliphatic heterocycles. The predicted octanol–water partition coefficient (Wildman–Crippen LogP) is 5.42. The Balaban J connectivity index is 0. The molecule has 0 N–H and O–H groups in total. The minimum atomic E-state index is 0.406. The molecule has 0 amide bonds. The summed E-state index contributed by atoms with van der Waals surface area (Å²) in [6.45, 7) is 10.2. The fourth-order valence-electron chi connectivity index (χ4n) is 1.54. The van der Waals surface area contributed by atoms with Gasteiger partial charge < -0.3 is 0 Å². The van der Waals surface area contributed by atoms with Gasteiger partial charge in [0.25, 0.3) is 0 Å². The highest BCUT2D eigenvalue weighted by Gasteiger charge is 1.95. The summed E-state index contributed by atoms with van der Waals surface area (Å²) in [5.74, 6) is 0.406. The molecular formula is C18H32O2. The van der Waals surface area contributed by atoms with Crippen LogP contribution in [0.4, 0.5) is 0 Å². The van der Waals surface area contributed by atoms with Gasteiger partial charge in [-0.2, -0.15) is 0 Å². The van der Waals surface area contributed by atoms with Crippen LogP contribution in [0.15, 0.2) is 23.3 Å². The molecule has 0 fully saturated rings. The molecule has 20 heavy (non-hydrogen) atoms. The maximum atomic E-state index is 10.7. The van der Waals surface area contributed by atoms with Gasteiger partial charge in [0.1, 0.15) is 12.1 Å². The Morgan fingerprint density at radius 3 is 2.10 bits per heavy atom. The van der Waals surface area contributed by atoms with E-state index in [4.69, 9.17) is 0 Å². The molecule has 2 nitrogen and oxygen atoms in total. The minimum Gasteiger partial charge on any atom is -0.300 e. The van der Waals surface area contributed by atoms with E-state index in [1.807, 2.05) is 13.8 Å². The molecule has 0 aliphatic rings. The van der Waals surface area contributed by atoms with E-state index >= 15 is 0 Å². The summed E-state index contributed by atoms with van der Waals surface area (Å²) in [7, 11) is 0. The number of hydrogen-bond donors (Lipinski definition) is 0. The van der Waals surface area contributed by atoms with Crippen molar-refractivity contribution >= 4 is 12.1 Å². The molecule has 0 rings (SSSR count). The Bertz CT molecular complexity index is 307. The van der Waals surface area contributed by atoms with Crippen LogP contribution in [-0.4, -0.2) is 12.1 Å². The minimum absolute atomic E-state index is 0.406. The summed E-state index contributed by atoms with van der Waals surface area (Å²) in [5.41, 5.74) is 2.49. The monoisotopic (exact) mass is 280 g/mol. The van der Waals surface area contributed by atoms with E-state index in [0.29, 0.717) is 12.2 Å². The van der Waals surface area contributed by atoms with E-state index in [-0.39, 0.29) is 0 Å². The molecule has 0 heterocycles. The van der Waals surface area contributed by atoms with Crippen molar-refractivity contribution < 1.29 is 9.59 Å². The zero-order valence-electron chi connectivity index (χ0n) is 14.0. The summed E-state index contributed by atoms with van der Waals surface area (Å²) < 4.78 is 0. The third-order valence-electron chi connectivity index (χ3n) is 2.90. The number of rotatable bonds is 9. The van der Waals surface area contributed by atoms with Crippen LogP contribution in [0, 0.1) is 0 Å². The smallest absolute Gasteiger partial charge is 0.142 e. The molecule has 0 radical (unpaired) electrons. The van der Waals surface area contributed by atoms with Crippen molar-refractivity contribution in [1.82, 2.24) is 0 Å². The van der Waals surface area contributed by atoms with Gasteiger partial charge in [-0.15, -0.1) is 0 Å². The number of hydrogen-bond acceptors (Lipinski definition) is 2. The van der Waals surface area contributed by atoms with E-state index in [2.05, 4.69) is 26.8 Å². The lowest BCUT2D eigenvalue weighted by molar-refractivity contribution is -0.118. The first-order chi connectivity index (χ1) is 9.47. The Kier molecular flexibility index (Phi) is 16.8. The highest BCUT2D eigenvalue weighted by molar-refractivity contribution is 5.77. The van der Waals surface area contributed by atoms with Crippen molar-refractivity contribution in [2.24, 2.45) is 0 Å². The summed E-state index contributed by atoms with van der Waals surface area (Å²) in [4.78, 5) is 20.7. The van der Waals surface area contributed by atoms with Crippen LogP contribution in [0.1, 0.15) is 79.6 Å². The maximum Gasteiger partial charge on any atom is 0.142 e. The lowest BCUT2D eigenvalue weighted by Gasteiger charge is -1.94. The van der Waals surface area contributed by atoms with E-state index < -0.39 is 0 Å². The Hall–Kier alpha value is -1.18. The molecule has 0 aromatic rings. The third-order valence-corrected chi connectivity index (χ3v) is 2.90. The lowest BCUT2D eigenvalue weighted by atomic mass is 10.1. The van der Waals surface area contributed by atoms with Gasteiger partial charge in [0.05, 0.1) is 0 Å². The standard InChI is InChI=1S/C10H16O.C8H16O/c1-9(2)5-4-6-10(3)7-8-11;1-3-5-6-7-8(9)4-2/h5,7-8H,4,6H2,1-3H3;3-7H2,1-2H3. The van der Waals surface area contributed by atoms with Crippen molar-refractivity contribution in [3.63, 3.8) is 0 Å². The van der Waals surface area contributed by atoms with Gasteiger partial charge >= 0.3 is 0 Å². The highest BCUT2D eigenvalue weighted by atomic mass is 16.1. The number of unbranched alkanes of at least 4 members (excludes halogenated alkanes) is 2. The lowest BCUT2D eigenvalue weighted by Crippen LogP contribution is -1.93. The normalized spacial score (nSPS) is 10.3. The Morgan fingerprint density at radius 1 is 1.00 bits per heavy atom. The number of allylic oxidation sites excluding steroid dienone is 4. The zero-order chi connectivity index (χ0) is 15.8. The second-order valence-corrected chi connectivity index (χ2v) is 5.32. The van der Waals surface area contributed by atoms with E-state index in [1.54, 1.807) is 6.08 Å². The van der Waals surface area contributed by atoms with Crippen molar-refractivity contribution in [1.29, 1.82) is 0 Å². The number of Topliss-reactive ketones (excluding diaryl/α,β-unsaturated/α-hetero) is 1. The Labute approximate surface area is 125 Å². The summed E-state index contributed by atoms with van der Waals surface area (Å²) in [6, 6.07) is 0. The summed E-state index contributed by atoms with van der Waals surface area (Å²) in [5, 5.41) is 0. The molecule has 0 saturated carbocycles. The molecule has 0 saturated heterocycles. The van der Waals surface area contributed by atoms with E-state index in [0.717, 1.165) is 37.5 Å².